The number of halogens is 2. The van der Waals surface area contributed by atoms with Crippen LogP contribution in [0.5, 0.6) is 5.75 Å². The maximum Gasteiger partial charge on any atom is 0.260 e. The first kappa shape index (κ1) is 21.0. The van der Waals surface area contributed by atoms with Crippen molar-refractivity contribution in [3.63, 3.8) is 0 Å². The van der Waals surface area contributed by atoms with Gasteiger partial charge in [-0.2, -0.15) is 10.1 Å². The van der Waals surface area contributed by atoms with Crippen LogP contribution in [0.25, 0.3) is 0 Å². The molecule has 0 spiro atoms. The van der Waals surface area contributed by atoms with Gasteiger partial charge < -0.3 is 14.8 Å². The Kier molecular flexibility index (Phi) is 6.79. The number of piperidine rings is 1. The lowest BCUT2D eigenvalue weighted by molar-refractivity contribution is 0.0550. The summed E-state index contributed by atoms with van der Waals surface area (Å²) in [7, 11) is 1.65. The molecule has 2 aliphatic rings. The SMILES string of the molecule is COCCOc1cccc(CN2CCC[C@@H]([C@@H]3C[C@H](C(F)F)n4ncnc4N3)C2)c1. The lowest BCUT2D eigenvalue weighted by Gasteiger charge is -2.40. The minimum atomic E-state index is -2.45. The van der Waals surface area contributed by atoms with Crippen LogP contribution in [0, 0.1) is 5.92 Å². The van der Waals surface area contributed by atoms with Crippen LogP contribution < -0.4 is 10.1 Å². The van der Waals surface area contributed by atoms with Crippen LogP contribution in [-0.4, -0.2) is 65.5 Å². The highest BCUT2D eigenvalue weighted by Crippen LogP contribution is 2.35. The number of rotatable bonds is 8. The Bertz CT molecular complexity index is 818. The second-order valence-corrected chi connectivity index (χ2v) is 8.04. The molecular weight excluding hydrogens is 392 g/mol. The number of alkyl halides is 2. The van der Waals surface area contributed by atoms with Crippen LogP contribution in [-0.2, 0) is 11.3 Å². The zero-order valence-electron chi connectivity index (χ0n) is 17.2. The average molecular weight is 421 g/mol. The van der Waals surface area contributed by atoms with Crippen molar-refractivity contribution in [3.8, 4) is 5.75 Å². The molecule has 1 saturated heterocycles. The molecule has 0 aliphatic carbocycles. The van der Waals surface area contributed by atoms with E-state index in [-0.39, 0.29) is 6.04 Å². The maximum absolute atomic E-state index is 13.6. The Hall–Kier alpha value is -2.26. The predicted molar refractivity (Wildman–Crippen MR) is 109 cm³/mol. The standard InChI is InChI=1S/C21H29F2N5O2/c1-29-8-9-30-17-6-2-4-15(10-17)12-27-7-3-5-16(13-27)18-11-19(20(22)23)28-21(26-18)24-14-25-28/h2,4,6,10,14,16,18-20H,3,5,7-9,11-13H2,1H3,(H,24,25,26)/t16-,18+,19-/m1/s1. The zero-order valence-corrected chi connectivity index (χ0v) is 17.2. The number of likely N-dealkylation sites (tertiary alicyclic amines) is 1. The summed E-state index contributed by atoms with van der Waals surface area (Å²) in [6.45, 7) is 3.77. The maximum atomic E-state index is 13.6. The number of nitrogens with one attached hydrogen (secondary N) is 1. The zero-order chi connectivity index (χ0) is 20.9. The third-order valence-electron chi connectivity index (χ3n) is 5.96. The van der Waals surface area contributed by atoms with E-state index in [1.807, 2.05) is 12.1 Å². The summed E-state index contributed by atoms with van der Waals surface area (Å²) < 4.78 is 39.2. The van der Waals surface area contributed by atoms with Gasteiger partial charge in [-0.05, 0) is 49.4 Å². The van der Waals surface area contributed by atoms with Crippen molar-refractivity contribution in [3.05, 3.63) is 36.2 Å². The van der Waals surface area contributed by atoms with Crippen molar-refractivity contribution in [2.45, 2.75) is 44.3 Å². The first-order valence-corrected chi connectivity index (χ1v) is 10.5. The van der Waals surface area contributed by atoms with E-state index >= 15 is 0 Å². The van der Waals surface area contributed by atoms with Crippen molar-refractivity contribution < 1.29 is 18.3 Å². The summed E-state index contributed by atoms with van der Waals surface area (Å²) in [6, 6.07) is 7.18. The molecule has 30 heavy (non-hydrogen) atoms. The average Bonchev–Trinajstić information content (AvgIpc) is 3.22. The van der Waals surface area contributed by atoms with E-state index in [0.717, 1.165) is 38.2 Å². The van der Waals surface area contributed by atoms with Crippen molar-refractivity contribution >= 4 is 5.95 Å². The Morgan fingerprint density at radius 2 is 2.20 bits per heavy atom. The van der Waals surface area contributed by atoms with Gasteiger partial charge in [-0.1, -0.05) is 12.1 Å². The van der Waals surface area contributed by atoms with Gasteiger partial charge >= 0.3 is 0 Å². The van der Waals surface area contributed by atoms with E-state index < -0.39 is 12.5 Å². The van der Waals surface area contributed by atoms with Crippen LogP contribution >= 0.6 is 0 Å². The quantitative estimate of drug-likeness (QED) is 0.661. The van der Waals surface area contributed by atoms with Crippen LogP contribution in [0.3, 0.4) is 0 Å². The number of benzene rings is 1. The van der Waals surface area contributed by atoms with E-state index in [1.165, 1.54) is 16.6 Å². The molecule has 3 heterocycles. The highest BCUT2D eigenvalue weighted by atomic mass is 19.3. The predicted octanol–water partition coefficient (Wildman–Crippen LogP) is 3.21. The molecule has 1 fully saturated rings. The smallest absolute Gasteiger partial charge is 0.260 e. The number of ether oxygens (including phenoxy) is 2. The van der Waals surface area contributed by atoms with Crippen LogP contribution in [0.15, 0.2) is 30.6 Å². The summed E-state index contributed by atoms with van der Waals surface area (Å²) in [4.78, 5) is 6.54. The fourth-order valence-corrected chi connectivity index (χ4v) is 4.50. The van der Waals surface area contributed by atoms with Crippen LogP contribution in [0.2, 0.25) is 0 Å². The summed E-state index contributed by atoms with van der Waals surface area (Å²) in [5.74, 6) is 1.59. The van der Waals surface area contributed by atoms with Crippen molar-refractivity contribution in [2.75, 3.05) is 38.7 Å². The van der Waals surface area contributed by atoms with Crippen molar-refractivity contribution in [1.29, 1.82) is 0 Å². The van der Waals surface area contributed by atoms with Crippen LogP contribution in [0.4, 0.5) is 14.7 Å². The first-order valence-electron chi connectivity index (χ1n) is 10.5. The molecule has 0 saturated carbocycles. The second-order valence-electron chi connectivity index (χ2n) is 8.04. The molecule has 1 aromatic heterocycles. The summed E-state index contributed by atoms with van der Waals surface area (Å²) >= 11 is 0. The Morgan fingerprint density at radius 3 is 3.03 bits per heavy atom. The van der Waals surface area contributed by atoms with E-state index in [0.29, 0.717) is 31.5 Å². The molecule has 2 aliphatic heterocycles. The van der Waals surface area contributed by atoms with Crippen molar-refractivity contribution in [2.24, 2.45) is 5.92 Å². The number of anilines is 1. The normalized spacial score (nSPS) is 24.5. The third-order valence-corrected chi connectivity index (χ3v) is 5.96. The molecule has 9 heteroatoms. The van der Waals surface area contributed by atoms with Crippen molar-refractivity contribution in [1.82, 2.24) is 19.7 Å². The van der Waals surface area contributed by atoms with Gasteiger partial charge in [0, 0.05) is 26.2 Å². The molecule has 7 nitrogen and oxygen atoms in total. The van der Waals surface area contributed by atoms with E-state index in [1.54, 1.807) is 7.11 Å². The summed E-state index contributed by atoms with van der Waals surface area (Å²) in [6.07, 6.45) is 1.34. The Labute approximate surface area is 175 Å². The minimum Gasteiger partial charge on any atom is -0.491 e. The van der Waals surface area contributed by atoms with Gasteiger partial charge in [0.15, 0.2) is 0 Å². The third kappa shape index (κ3) is 4.89. The Morgan fingerprint density at radius 1 is 1.30 bits per heavy atom. The lowest BCUT2D eigenvalue weighted by atomic mass is 9.86. The number of hydrogen-bond donors (Lipinski definition) is 1. The first-order chi connectivity index (χ1) is 14.6. The second kappa shape index (κ2) is 9.70. The fourth-order valence-electron chi connectivity index (χ4n) is 4.50. The van der Waals surface area contributed by atoms with Crippen LogP contribution in [0.1, 0.15) is 30.9 Å². The number of fused-ring (bicyclic) bond motifs is 1. The molecule has 0 unspecified atom stereocenters. The summed E-state index contributed by atoms with van der Waals surface area (Å²) in [5, 5.41) is 7.33. The molecule has 2 aromatic rings. The largest absolute Gasteiger partial charge is 0.491 e. The van der Waals surface area contributed by atoms with E-state index in [4.69, 9.17) is 9.47 Å². The van der Waals surface area contributed by atoms with E-state index in [9.17, 15) is 8.78 Å². The molecule has 0 amide bonds. The topological polar surface area (TPSA) is 64.4 Å². The van der Waals surface area contributed by atoms with Gasteiger partial charge in [0.2, 0.25) is 5.95 Å². The molecule has 1 N–H and O–H groups in total. The fraction of sp³-hybridized carbons (Fsp3) is 0.619. The number of aromatic nitrogens is 3. The monoisotopic (exact) mass is 421 g/mol. The van der Waals surface area contributed by atoms with Gasteiger partial charge in [0.05, 0.1) is 6.61 Å². The molecule has 1 aromatic carbocycles. The molecular formula is C21H29F2N5O2. The van der Waals surface area contributed by atoms with E-state index in [2.05, 4.69) is 32.4 Å². The number of nitrogens with zero attached hydrogens (tertiary/aromatic N) is 4. The highest BCUT2D eigenvalue weighted by Gasteiger charge is 2.38. The minimum absolute atomic E-state index is 0.0211. The number of hydrogen-bond acceptors (Lipinski definition) is 6. The highest BCUT2D eigenvalue weighted by molar-refractivity contribution is 5.30. The molecule has 0 radical (unpaired) electrons. The van der Waals surface area contributed by atoms with Gasteiger partial charge in [0.1, 0.15) is 24.7 Å². The van der Waals surface area contributed by atoms with Gasteiger partial charge in [0.25, 0.3) is 6.43 Å². The molecule has 4 rings (SSSR count). The summed E-state index contributed by atoms with van der Waals surface area (Å²) in [5.41, 5.74) is 1.19. The molecule has 164 valence electrons. The molecule has 3 atom stereocenters. The number of methoxy groups -OCH3 is 1. The lowest BCUT2D eigenvalue weighted by Crippen LogP contribution is -2.46. The molecule has 0 bridgehead atoms. The van der Waals surface area contributed by atoms with Gasteiger partial charge in [-0.25, -0.2) is 13.5 Å². The van der Waals surface area contributed by atoms with Gasteiger partial charge in [-0.3, -0.25) is 4.90 Å². The Balaban J connectivity index is 1.38. The van der Waals surface area contributed by atoms with Gasteiger partial charge in [-0.15, -0.1) is 0 Å².